The zero-order valence-corrected chi connectivity index (χ0v) is 30.7. The van der Waals surface area contributed by atoms with Gasteiger partial charge in [0.05, 0.1) is 6.07 Å². The third-order valence-electron chi connectivity index (χ3n) is 17.3. The average molecular weight is 656 g/mol. The van der Waals surface area contributed by atoms with E-state index in [0.717, 1.165) is 75.5 Å². The van der Waals surface area contributed by atoms with E-state index in [0.29, 0.717) is 47.4 Å². The number of fused-ring (bicyclic) bond motifs is 10. The summed E-state index contributed by atoms with van der Waals surface area (Å²) in [7, 11) is 0. The van der Waals surface area contributed by atoms with Gasteiger partial charge in [0.1, 0.15) is 5.78 Å². The monoisotopic (exact) mass is 655 g/mol. The molecule has 1 unspecified atom stereocenters. The zero-order valence-electron chi connectivity index (χ0n) is 30.7. The van der Waals surface area contributed by atoms with Crippen molar-refractivity contribution in [3.63, 3.8) is 0 Å². The van der Waals surface area contributed by atoms with Crippen LogP contribution in [0.5, 0.6) is 0 Å². The molecule has 5 heteroatoms. The van der Waals surface area contributed by atoms with Gasteiger partial charge in [-0.2, -0.15) is 5.26 Å². The number of Topliss-reactive ketones (excluding diaryl/α,β-unsaturated/α-hetero) is 1. The molecule has 0 amide bonds. The van der Waals surface area contributed by atoms with Crippen molar-refractivity contribution in [3.05, 3.63) is 23.3 Å². The van der Waals surface area contributed by atoms with Crippen LogP contribution in [0.2, 0.25) is 0 Å². The van der Waals surface area contributed by atoms with E-state index in [1.54, 1.807) is 13.8 Å². The van der Waals surface area contributed by atoms with Crippen LogP contribution in [0, 0.1) is 80.3 Å². The van der Waals surface area contributed by atoms with Gasteiger partial charge in [-0.25, -0.2) is 0 Å². The number of carbonyl (C=O) groups is 3. The molecule has 48 heavy (non-hydrogen) atoms. The maximum atomic E-state index is 12.1. The van der Waals surface area contributed by atoms with Gasteiger partial charge in [-0.1, -0.05) is 38.8 Å². The molecule has 6 saturated carbocycles. The molecule has 8 aliphatic carbocycles. The third kappa shape index (κ3) is 5.03. The number of ketones is 3. The summed E-state index contributed by atoms with van der Waals surface area (Å²) in [5.41, 5.74) is 2.43. The smallest absolute Gasteiger partial charge is 0.155 e. The third-order valence-corrected chi connectivity index (χ3v) is 17.3. The molecule has 0 saturated heterocycles. The lowest BCUT2D eigenvalue weighted by Crippen LogP contribution is -2.52. The van der Waals surface area contributed by atoms with Crippen LogP contribution in [-0.2, 0) is 14.4 Å². The Morgan fingerprint density at radius 3 is 1.69 bits per heavy atom. The van der Waals surface area contributed by atoms with E-state index in [9.17, 15) is 24.8 Å². The summed E-state index contributed by atoms with van der Waals surface area (Å²) in [4.78, 5) is 35.9. The molecule has 5 nitrogen and oxygen atoms in total. The van der Waals surface area contributed by atoms with Gasteiger partial charge in [-0.3, -0.25) is 14.4 Å². The second-order valence-electron chi connectivity index (χ2n) is 19.2. The van der Waals surface area contributed by atoms with Gasteiger partial charge < -0.3 is 5.11 Å². The van der Waals surface area contributed by atoms with E-state index in [1.165, 1.54) is 49.7 Å². The number of hydrogen-bond acceptors (Lipinski definition) is 5. The lowest BCUT2D eigenvalue weighted by Gasteiger charge is -2.58. The molecule has 0 aromatic heterocycles. The SMILES string of the molecule is CC(=O)[C@H]1CC[C@H]2[C@@H]3CCC4=CC(=O)CC[C@@]4(C)[C@@H]3CC[C@]12C.CC(O)(C#N)[C@H]1CC[C@H]2[C@@H]3CCC4=CC(=O)CC[C@@]4(C)[C@@H]3CC[C@]12C. The number of carbonyl (C=O) groups excluding carboxylic acids is 3. The predicted molar refractivity (Wildman–Crippen MR) is 187 cm³/mol. The van der Waals surface area contributed by atoms with Crippen LogP contribution in [0.25, 0.3) is 0 Å². The van der Waals surface area contributed by atoms with Gasteiger partial charge >= 0.3 is 0 Å². The lowest BCUT2D eigenvalue weighted by atomic mass is 9.46. The van der Waals surface area contributed by atoms with Crippen molar-refractivity contribution in [1.29, 1.82) is 5.26 Å². The topological polar surface area (TPSA) is 95.2 Å². The highest BCUT2D eigenvalue weighted by Crippen LogP contribution is 2.69. The van der Waals surface area contributed by atoms with Crippen molar-refractivity contribution in [1.82, 2.24) is 0 Å². The predicted octanol–water partition coefficient (Wildman–Crippen LogP) is 9.13. The van der Waals surface area contributed by atoms with Crippen LogP contribution in [0.3, 0.4) is 0 Å². The molecule has 262 valence electrons. The first kappa shape index (κ1) is 34.4. The zero-order chi connectivity index (χ0) is 34.4. The first-order valence-electron chi connectivity index (χ1n) is 19.7. The second kappa shape index (κ2) is 11.7. The molecule has 13 atom stereocenters. The van der Waals surface area contributed by atoms with Crippen molar-refractivity contribution in [2.24, 2.45) is 69.0 Å². The fraction of sp³-hybridized carbons (Fsp3) is 0.814. The highest BCUT2D eigenvalue weighted by Gasteiger charge is 2.62. The van der Waals surface area contributed by atoms with Gasteiger partial charge in [-0.15, -0.1) is 0 Å². The number of nitrogens with zero attached hydrogens (tertiary/aromatic N) is 1. The summed E-state index contributed by atoms with van der Waals surface area (Å²) in [5.74, 6) is 5.68. The summed E-state index contributed by atoms with van der Waals surface area (Å²) in [6.45, 7) is 13.1. The molecule has 0 spiro atoms. The van der Waals surface area contributed by atoms with Crippen LogP contribution in [0.4, 0.5) is 0 Å². The minimum atomic E-state index is -1.21. The number of hydrogen-bond donors (Lipinski definition) is 1. The van der Waals surface area contributed by atoms with Crippen LogP contribution < -0.4 is 0 Å². The van der Waals surface area contributed by atoms with Gasteiger partial charge in [0, 0.05) is 24.7 Å². The van der Waals surface area contributed by atoms with Crippen LogP contribution in [-0.4, -0.2) is 28.1 Å². The van der Waals surface area contributed by atoms with Crippen molar-refractivity contribution in [2.45, 2.75) is 150 Å². The molecule has 0 aliphatic heterocycles. The Kier molecular flexibility index (Phi) is 8.42. The van der Waals surface area contributed by atoms with Gasteiger partial charge in [-0.05, 0) is 173 Å². The maximum absolute atomic E-state index is 12.1. The van der Waals surface area contributed by atoms with E-state index in [1.807, 2.05) is 12.2 Å². The molecule has 0 heterocycles. The molecule has 0 aromatic carbocycles. The molecule has 8 aliphatic rings. The largest absolute Gasteiger partial charge is 0.375 e. The number of nitriles is 1. The van der Waals surface area contributed by atoms with E-state index >= 15 is 0 Å². The fourth-order valence-corrected chi connectivity index (χ4v) is 14.8. The minimum Gasteiger partial charge on any atom is -0.375 e. The Balaban J connectivity index is 0.000000152. The Morgan fingerprint density at radius 2 is 1.19 bits per heavy atom. The number of rotatable bonds is 2. The average Bonchev–Trinajstić information content (AvgIpc) is 3.59. The standard InChI is InChI=1S/C22H31NO2.C21H30O2/c1-20-10-8-15(24)12-14(20)4-5-16-17-6-7-19(22(3,25)13-23)21(17,2)11-9-18(16)20;1-13(22)17-6-7-18-16-5-4-14-12-15(23)8-10-20(14,2)19(16)9-11-21(17,18)3/h12,16-19,25H,4-11H2,1-3H3;12,16-19H,4-11H2,1-3H3/t16-,17-,18+,19-,20+,21-,22?;16-,17+,18-,19+,20+,21+/m00/s1. The molecular weight excluding hydrogens is 594 g/mol. The van der Waals surface area contributed by atoms with Crippen molar-refractivity contribution in [2.75, 3.05) is 0 Å². The highest BCUT2D eigenvalue weighted by atomic mass is 16.3. The van der Waals surface area contributed by atoms with E-state index in [-0.39, 0.29) is 27.6 Å². The summed E-state index contributed by atoms with van der Waals surface area (Å²) >= 11 is 0. The quantitative estimate of drug-likeness (QED) is 0.300. The Bertz CT molecular complexity index is 1480. The van der Waals surface area contributed by atoms with Gasteiger partial charge in [0.25, 0.3) is 0 Å². The molecule has 0 bridgehead atoms. The maximum Gasteiger partial charge on any atom is 0.155 e. The van der Waals surface area contributed by atoms with Crippen LogP contribution in [0.15, 0.2) is 23.3 Å². The summed E-state index contributed by atoms with van der Waals surface area (Å²) in [5, 5.41) is 20.2. The van der Waals surface area contributed by atoms with Crippen molar-refractivity contribution in [3.8, 4) is 6.07 Å². The Morgan fingerprint density at radius 1 is 0.708 bits per heavy atom. The first-order valence-corrected chi connectivity index (χ1v) is 19.7. The molecule has 8 rings (SSSR count). The molecule has 0 aromatic rings. The first-order chi connectivity index (χ1) is 22.6. The van der Waals surface area contributed by atoms with E-state index < -0.39 is 5.60 Å². The Labute approximate surface area is 289 Å². The molecule has 0 radical (unpaired) electrons. The summed E-state index contributed by atoms with van der Waals surface area (Å²) < 4.78 is 0. The van der Waals surface area contributed by atoms with Gasteiger partial charge in [0.15, 0.2) is 17.2 Å². The lowest BCUT2D eigenvalue weighted by molar-refractivity contribution is -0.128. The van der Waals surface area contributed by atoms with E-state index in [4.69, 9.17) is 0 Å². The van der Waals surface area contributed by atoms with E-state index in [2.05, 4.69) is 33.8 Å². The second-order valence-corrected chi connectivity index (χ2v) is 19.2. The molecule has 1 N–H and O–H groups in total. The van der Waals surface area contributed by atoms with Crippen molar-refractivity contribution < 1.29 is 19.5 Å². The van der Waals surface area contributed by atoms with Gasteiger partial charge in [0.2, 0.25) is 0 Å². The highest BCUT2D eigenvalue weighted by molar-refractivity contribution is 5.92. The molecule has 6 fully saturated rings. The summed E-state index contributed by atoms with van der Waals surface area (Å²) in [6.07, 6.45) is 21.3. The number of aliphatic hydroxyl groups is 1. The minimum absolute atomic E-state index is 0.0858. The van der Waals surface area contributed by atoms with Crippen molar-refractivity contribution >= 4 is 17.3 Å². The van der Waals surface area contributed by atoms with Crippen LogP contribution >= 0.6 is 0 Å². The normalized spacial score (nSPS) is 48.7. The fourth-order valence-electron chi connectivity index (χ4n) is 14.8. The molecular formula is C43H61NO4. The number of allylic oxidation sites excluding steroid dienone is 2. The van der Waals surface area contributed by atoms with Crippen LogP contribution in [0.1, 0.15) is 144 Å². The Hall–Kier alpha value is -2.06. The summed E-state index contributed by atoms with van der Waals surface area (Å²) in [6, 6.07) is 2.18.